The van der Waals surface area contributed by atoms with Gasteiger partial charge in [-0.25, -0.2) is 9.97 Å². The molecule has 1 fully saturated rings. The van der Waals surface area contributed by atoms with Crippen molar-refractivity contribution in [2.24, 2.45) is 0 Å². The van der Waals surface area contributed by atoms with Crippen molar-refractivity contribution >= 4 is 23.4 Å². The Morgan fingerprint density at radius 2 is 2.30 bits per heavy atom. The molecule has 1 N–H and O–H groups in total. The molecule has 2 rings (SSSR count). The summed E-state index contributed by atoms with van der Waals surface area (Å²) in [5, 5.41) is 3.50. The van der Waals surface area contributed by atoms with E-state index in [-0.39, 0.29) is 11.8 Å². The summed E-state index contributed by atoms with van der Waals surface area (Å²) in [6, 6.07) is 0. The summed E-state index contributed by atoms with van der Waals surface area (Å²) in [6.45, 7) is 7.79. The van der Waals surface area contributed by atoms with Crippen molar-refractivity contribution in [2.45, 2.75) is 31.9 Å². The van der Waals surface area contributed by atoms with E-state index in [2.05, 4.69) is 22.2 Å². The topological polar surface area (TPSA) is 58.1 Å². The molecule has 6 heteroatoms. The van der Waals surface area contributed by atoms with Crippen LogP contribution in [0.25, 0.3) is 0 Å². The lowest BCUT2D eigenvalue weighted by molar-refractivity contribution is 0.0757. The maximum absolute atomic E-state index is 12.7. The van der Waals surface area contributed by atoms with Gasteiger partial charge < -0.3 is 10.2 Å². The predicted octanol–water partition coefficient (Wildman–Crippen LogP) is 2.22. The fraction of sp³-hybridized carbons (Fsp3) is 0.643. The van der Waals surface area contributed by atoms with Crippen LogP contribution in [0.5, 0.6) is 0 Å². The fourth-order valence-corrected chi connectivity index (χ4v) is 3.19. The number of nitrogens with one attached hydrogen (secondary N) is 1. The average Bonchev–Trinajstić information content (AvgIpc) is 2.45. The van der Waals surface area contributed by atoms with E-state index in [4.69, 9.17) is 0 Å². The predicted molar refractivity (Wildman–Crippen MR) is 83.5 cm³/mol. The molecule has 0 radical (unpaired) electrons. The first kappa shape index (κ1) is 15.1. The molecule has 20 heavy (non-hydrogen) atoms. The molecule has 0 saturated carbocycles. The molecule has 0 aliphatic carbocycles. The molecule has 1 unspecified atom stereocenters. The number of carbonyl (C=O) groups is 1. The fourth-order valence-electron chi connectivity index (χ4n) is 2.17. The van der Waals surface area contributed by atoms with Crippen molar-refractivity contribution in [1.82, 2.24) is 14.9 Å². The molecular formula is C14H22N4OS. The Morgan fingerprint density at radius 1 is 1.55 bits per heavy atom. The molecule has 1 aromatic rings. The lowest BCUT2D eigenvalue weighted by Gasteiger charge is -2.30. The summed E-state index contributed by atoms with van der Waals surface area (Å²) < 4.78 is 0. The normalized spacial score (nSPS) is 19.2. The van der Waals surface area contributed by atoms with Gasteiger partial charge in [0, 0.05) is 37.1 Å². The first-order chi connectivity index (χ1) is 9.52. The number of rotatable bonds is 3. The number of carbonyl (C=O) groups excluding carboxylic acids is 1. The molecule has 1 aliphatic heterocycles. The zero-order valence-electron chi connectivity index (χ0n) is 12.5. The lowest BCUT2D eigenvalue weighted by atomic mass is 10.2. The number of hydrogen-bond donors (Lipinski definition) is 1. The van der Waals surface area contributed by atoms with Gasteiger partial charge >= 0.3 is 0 Å². The molecule has 0 aromatic carbocycles. The van der Waals surface area contributed by atoms with Crippen LogP contribution < -0.4 is 5.32 Å². The number of aromatic nitrogens is 2. The van der Waals surface area contributed by atoms with E-state index in [0.29, 0.717) is 22.5 Å². The highest BCUT2D eigenvalue weighted by atomic mass is 32.2. The van der Waals surface area contributed by atoms with Crippen LogP contribution in [0.15, 0.2) is 6.20 Å². The minimum Gasteiger partial charge on any atom is -0.385 e. The van der Waals surface area contributed by atoms with Crippen molar-refractivity contribution in [3.63, 3.8) is 0 Å². The van der Waals surface area contributed by atoms with Crippen molar-refractivity contribution in [1.29, 1.82) is 0 Å². The van der Waals surface area contributed by atoms with Crippen LogP contribution in [-0.4, -0.2) is 51.9 Å². The smallest absolute Gasteiger partial charge is 0.274 e. The summed E-state index contributed by atoms with van der Waals surface area (Å²) in [6.07, 6.45) is 1.71. The minimum absolute atomic E-state index is 0.00537. The minimum atomic E-state index is 0.00537. The van der Waals surface area contributed by atoms with Crippen LogP contribution in [-0.2, 0) is 0 Å². The van der Waals surface area contributed by atoms with Gasteiger partial charge in [-0.1, -0.05) is 20.8 Å². The van der Waals surface area contributed by atoms with E-state index in [1.165, 1.54) is 0 Å². The third-order valence-electron chi connectivity index (χ3n) is 3.32. The van der Waals surface area contributed by atoms with Gasteiger partial charge in [-0.3, -0.25) is 4.79 Å². The second-order valence-corrected chi connectivity index (χ2v) is 6.87. The van der Waals surface area contributed by atoms with E-state index < -0.39 is 0 Å². The molecule has 1 aromatic heterocycles. The van der Waals surface area contributed by atoms with Crippen LogP contribution in [0, 0.1) is 0 Å². The molecule has 1 saturated heterocycles. The quantitative estimate of drug-likeness (QED) is 0.926. The summed E-state index contributed by atoms with van der Waals surface area (Å²) in [4.78, 5) is 23.4. The first-order valence-electron chi connectivity index (χ1n) is 6.98. The van der Waals surface area contributed by atoms with Crippen molar-refractivity contribution in [3.05, 3.63) is 17.7 Å². The Hall–Kier alpha value is -1.30. The molecule has 1 amide bonds. The maximum atomic E-state index is 12.7. The highest BCUT2D eigenvalue weighted by Crippen LogP contribution is 2.22. The molecule has 0 spiro atoms. The van der Waals surface area contributed by atoms with Crippen molar-refractivity contribution in [3.8, 4) is 0 Å². The van der Waals surface area contributed by atoms with Gasteiger partial charge in [-0.05, 0) is 0 Å². The van der Waals surface area contributed by atoms with Gasteiger partial charge in [0.05, 0.1) is 11.9 Å². The number of nitrogens with zero attached hydrogens (tertiary/aromatic N) is 3. The zero-order chi connectivity index (χ0) is 14.7. The average molecular weight is 294 g/mol. The molecule has 1 atom stereocenters. The molecule has 110 valence electrons. The Labute approximate surface area is 124 Å². The van der Waals surface area contributed by atoms with Crippen molar-refractivity contribution < 1.29 is 4.79 Å². The maximum Gasteiger partial charge on any atom is 0.274 e. The van der Waals surface area contributed by atoms with E-state index in [9.17, 15) is 4.79 Å². The number of anilines is 1. The van der Waals surface area contributed by atoms with Gasteiger partial charge in [-0.2, -0.15) is 11.8 Å². The van der Waals surface area contributed by atoms with Crippen LogP contribution >= 0.6 is 11.8 Å². The molecule has 1 aliphatic rings. The third-order valence-corrected chi connectivity index (χ3v) is 4.46. The highest BCUT2D eigenvalue weighted by molar-refractivity contribution is 7.99. The Bertz CT molecular complexity index is 492. The monoisotopic (exact) mass is 294 g/mol. The SMILES string of the molecule is CNc1cnc(C(C)C)nc1C(=O)N1CCSC(C)C1. The lowest BCUT2D eigenvalue weighted by Crippen LogP contribution is -2.41. The highest BCUT2D eigenvalue weighted by Gasteiger charge is 2.25. The van der Waals surface area contributed by atoms with E-state index in [0.717, 1.165) is 18.8 Å². The third kappa shape index (κ3) is 3.23. The van der Waals surface area contributed by atoms with Crippen molar-refractivity contribution in [2.75, 3.05) is 31.2 Å². The molecule has 2 heterocycles. The number of thioether (sulfide) groups is 1. The summed E-state index contributed by atoms with van der Waals surface area (Å²) in [5.74, 6) is 1.92. The van der Waals surface area contributed by atoms with E-state index in [1.54, 1.807) is 13.2 Å². The summed E-state index contributed by atoms with van der Waals surface area (Å²) >= 11 is 1.91. The summed E-state index contributed by atoms with van der Waals surface area (Å²) in [5.41, 5.74) is 1.19. The number of hydrogen-bond acceptors (Lipinski definition) is 5. The van der Waals surface area contributed by atoms with E-state index >= 15 is 0 Å². The number of amides is 1. The van der Waals surface area contributed by atoms with E-state index in [1.807, 2.05) is 30.5 Å². The molecule has 5 nitrogen and oxygen atoms in total. The Kier molecular flexibility index (Phi) is 4.86. The first-order valence-corrected chi connectivity index (χ1v) is 8.03. The second kappa shape index (κ2) is 6.43. The van der Waals surface area contributed by atoms with Gasteiger partial charge in [0.1, 0.15) is 5.82 Å². The zero-order valence-corrected chi connectivity index (χ0v) is 13.3. The Morgan fingerprint density at radius 3 is 2.90 bits per heavy atom. The largest absolute Gasteiger partial charge is 0.385 e. The Balaban J connectivity index is 2.29. The van der Waals surface area contributed by atoms with Gasteiger partial charge in [0.25, 0.3) is 5.91 Å². The standard InChI is InChI=1S/C14H22N4OS/c1-9(2)13-16-7-11(15-4)12(17-13)14(19)18-5-6-20-10(3)8-18/h7,9-10,15H,5-6,8H2,1-4H3. The van der Waals surface area contributed by atoms with Gasteiger partial charge in [-0.15, -0.1) is 0 Å². The van der Waals surface area contributed by atoms with Crippen LogP contribution in [0.1, 0.15) is 43.0 Å². The van der Waals surface area contributed by atoms with Crippen LogP contribution in [0.3, 0.4) is 0 Å². The summed E-state index contributed by atoms with van der Waals surface area (Å²) in [7, 11) is 1.79. The van der Waals surface area contributed by atoms with Gasteiger partial charge in [0.15, 0.2) is 5.69 Å². The molecular weight excluding hydrogens is 272 g/mol. The molecule has 0 bridgehead atoms. The second-order valence-electron chi connectivity index (χ2n) is 5.33. The van der Waals surface area contributed by atoms with Crippen LogP contribution in [0.2, 0.25) is 0 Å². The van der Waals surface area contributed by atoms with Crippen LogP contribution in [0.4, 0.5) is 5.69 Å². The van der Waals surface area contributed by atoms with Gasteiger partial charge in [0.2, 0.25) is 0 Å².